The predicted molar refractivity (Wildman–Crippen MR) is 56.9 cm³/mol. The number of alkyl halides is 3. The molecule has 0 bridgehead atoms. The van der Waals surface area contributed by atoms with Gasteiger partial charge in [0, 0.05) is 5.56 Å². The molecule has 0 saturated heterocycles. The Bertz CT molecular complexity index is 360. The van der Waals surface area contributed by atoms with Gasteiger partial charge in [0.2, 0.25) is 0 Å². The van der Waals surface area contributed by atoms with E-state index >= 15 is 0 Å². The van der Waals surface area contributed by atoms with Crippen LogP contribution in [0.3, 0.4) is 0 Å². The van der Waals surface area contributed by atoms with Gasteiger partial charge in [-0.25, -0.2) is 0 Å². The summed E-state index contributed by atoms with van der Waals surface area (Å²) in [4.78, 5) is 11.8. The molecule has 0 spiro atoms. The molecule has 0 N–H and O–H groups in total. The van der Waals surface area contributed by atoms with Crippen molar-refractivity contribution in [3.05, 3.63) is 35.9 Å². The summed E-state index contributed by atoms with van der Waals surface area (Å²) < 4.78 is 40.5. The molecule has 0 saturated carbocycles. The molecule has 5 heteroatoms. The van der Waals surface area contributed by atoms with E-state index in [-0.39, 0.29) is 6.42 Å². The first-order valence-electron chi connectivity index (χ1n) is 5.21. The Hall–Kier alpha value is -1.36. The van der Waals surface area contributed by atoms with Crippen LogP contribution in [0, 0.1) is 0 Å². The highest BCUT2D eigenvalue weighted by molar-refractivity contribution is 5.99. The highest BCUT2D eigenvalue weighted by Crippen LogP contribution is 2.18. The van der Waals surface area contributed by atoms with Gasteiger partial charge in [-0.3, -0.25) is 4.79 Å². The molecule has 0 fully saturated rings. The zero-order valence-corrected chi connectivity index (χ0v) is 9.33. The molecular formula is C12H13F3O2. The van der Waals surface area contributed by atoms with Crippen LogP contribution in [0.5, 0.6) is 0 Å². The molecule has 0 aliphatic rings. The van der Waals surface area contributed by atoms with Crippen molar-refractivity contribution in [1.29, 1.82) is 0 Å². The Balaban J connectivity index is 2.65. The summed E-state index contributed by atoms with van der Waals surface area (Å²) in [5.74, 6) is -0.419. The summed E-state index contributed by atoms with van der Waals surface area (Å²) in [5, 5.41) is 0. The number of Topliss-reactive ketones (excluding diaryl/α,β-unsaturated/α-hetero) is 1. The van der Waals surface area contributed by atoms with Crippen molar-refractivity contribution in [2.24, 2.45) is 0 Å². The van der Waals surface area contributed by atoms with E-state index in [1.165, 1.54) is 0 Å². The Labute approximate surface area is 97.4 Å². The van der Waals surface area contributed by atoms with Gasteiger partial charge in [-0.15, -0.1) is 0 Å². The Kier molecular flexibility index (Phi) is 4.69. The second-order valence-corrected chi connectivity index (χ2v) is 3.55. The molecule has 0 aliphatic heterocycles. The number of carbonyl (C=O) groups excluding carboxylic acids is 1. The third kappa shape index (κ3) is 4.56. The number of ether oxygens (including phenoxy) is 1. The third-order valence-electron chi connectivity index (χ3n) is 2.17. The maximum atomic E-state index is 12.0. The van der Waals surface area contributed by atoms with Crippen molar-refractivity contribution in [2.75, 3.05) is 6.61 Å². The molecule has 2 nitrogen and oxygen atoms in total. The molecule has 94 valence electrons. The quantitative estimate of drug-likeness (QED) is 0.745. The van der Waals surface area contributed by atoms with Crippen molar-refractivity contribution in [3.8, 4) is 0 Å². The number of halogens is 3. The van der Waals surface area contributed by atoms with Gasteiger partial charge in [0.05, 0.1) is 0 Å². The first-order chi connectivity index (χ1) is 7.94. The lowest BCUT2D eigenvalue weighted by Crippen LogP contribution is -2.29. The summed E-state index contributed by atoms with van der Waals surface area (Å²) in [6, 6.07) is 8.16. The monoisotopic (exact) mass is 246 g/mol. The van der Waals surface area contributed by atoms with Gasteiger partial charge < -0.3 is 4.74 Å². The maximum absolute atomic E-state index is 12.0. The first-order valence-corrected chi connectivity index (χ1v) is 5.21. The van der Waals surface area contributed by atoms with Crippen molar-refractivity contribution in [2.45, 2.75) is 25.6 Å². The fourth-order valence-electron chi connectivity index (χ4n) is 1.36. The molecule has 1 aromatic rings. The fourth-order valence-corrected chi connectivity index (χ4v) is 1.36. The number of carbonyl (C=O) groups is 1. The number of ketones is 1. The number of rotatable bonds is 5. The Morgan fingerprint density at radius 2 is 1.88 bits per heavy atom. The van der Waals surface area contributed by atoms with Crippen molar-refractivity contribution < 1.29 is 22.7 Å². The van der Waals surface area contributed by atoms with E-state index in [1.807, 2.05) is 0 Å². The van der Waals surface area contributed by atoms with Crippen LogP contribution in [0.15, 0.2) is 30.3 Å². The zero-order chi connectivity index (χ0) is 12.9. The molecule has 1 rings (SSSR count). The van der Waals surface area contributed by atoms with Crippen LogP contribution in [0.4, 0.5) is 13.2 Å². The van der Waals surface area contributed by atoms with E-state index in [1.54, 1.807) is 37.3 Å². The highest BCUT2D eigenvalue weighted by atomic mass is 19.4. The Morgan fingerprint density at radius 3 is 2.35 bits per heavy atom. The minimum atomic E-state index is -4.41. The maximum Gasteiger partial charge on any atom is 0.411 e. The molecule has 1 atom stereocenters. The van der Waals surface area contributed by atoms with Gasteiger partial charge >= 0.3 is 6.18 Å². The number of benzene rings is 1. The molecule has 17 heavy (non-hydrogen) atoms. The van der Waals surface area contributed by atoms with Gasteiger partial charge in [-0.1, -0.05) is 37.3 Å². The topological polar surface area (TPSA) is 26.3 Å². The lowest BCUT2D eigenvalue weighted by Gasteiger charge is -2.16. The van der Waals surface area contributed by atoms with E-state index < -0.39 is 24.7 Å². The fraction of sp³-hybridized carbons (Fsp3) is 0.417. The SMILES string of the molecule is CCC(OCC(F)(F)F)C(=O)c1ccccc1. The van der Waals surface area contributed by atoms with E-state index in [2.05, 4.69) is 4.74 Å². The van der Waals surface area contributed by atoms with Crippen molar-refractivity contribution in [3.63, 3.8) is 0 Å². The summed E-state index contributed by atoms with van der Waals surface area (Å²) in [6.45, 7) is 0.214. The molecule has 1 unspecified atom stereocenters. The van der Waals surface area contributed by atoms with E-state index in [0.717, 1.165) is 0 Å². The van der Waals surface area contributed by atoms with Crippen molar-refractivity contribution >= 4 is 5.78 Å². The van der Waals surface area contributed by atoms with E-state index in [0.29, 0.717) is 5.56 Å². The summed E-state index contributed by atoms with van der Waals surface area (Å²) >= 11 is 0. The predicted octanol–water partition coefficient (Wildman–Crippen LogP) is 3.23. The third-order valence-corrected chi connectivity index (χ3v) is 2.17. The van der Waals surface area contributed by atoms with Crippen LogP contribution < -0.4 is 0 Å². The lowest BCUT2D eigenvalue weighted by molar-refractivity contribution is -0.180. The molecule has 0 heterocycles. The van der Waals surface area contributed by atoms with Gasteiger partial charge in [0.15, 0.2) is 5.78 Å². The second-order valence-electron chi connectivity index (χ2n) is 3.55. The van der Waals surface area contributed by atoms with Gasteiger partial charge in [-0.05, 0) is 6.42 Å². The number of hydrogen-bond acceptors (Lipinski definition) is 2. The van der Waals surface area contributed by atoms with Gasteiger partial charge in [0.1, 0.15) is 12.7 Å². The van der Waals surface area contributed by atoms with Crippen LogP contribution in [0.25, 0.3) is 0 Å². The van der Waals surface area contributed by atoms with Crippen LogP contribution in [-0.2, 0) is 4.74 Å². The molecule has 0 amide bonds. The first kappa shape index (κ1) is 13.7. The normalized spacial score (nSPS) is 13.4. The second kappa shape index (κ2) is 5.82. The van der Waals surface area contributed by atoms with E-state index in [4.69, 9.17) is 0 Å². The van der Waals surface area contributed by atoms with Crippen LogP contribution >= 0.6 is 0 Å². The van der Waals surface area contributed by atoms with Crippen LogP contribution in [0.2, 0.25) is 0 Å². The average molecular weight is 246 g/mol. The summed E-state index contributed by atoms with van der Waals surface area (Å²) in [7, 11) is 0. The van der Waals surface area contributed by atoms with Crippen molar-refractivity contribution in [1.82, 2.24) is 0 Å². The average Bonchev–Trinajstić information content (AvgIpc) is 2.29. The summed E-state index contributed by atoms with van der Waals surface area (Å²) in [5.41, 5.74) is 0.363. The lowest BCUT2D eigenvalue weighted by atomic mass is 10.0. The zero-order valence-electron chi connectivity index (χ0n) is 9.33. The molecular weight excluding hydrogens is 233 g/mol. The largest absolute Gasteiger partial charge is 0.411 e. The number of hydrogen-bond donors (Lipinski definition) is 0. The van der Waals surface area contributed by atoms with E-state index in [9.17, 15) is 18.0 Å². The minimum Gasteiger partial charge on any atom is -0.361 e. The summed E-state index contributed by atoms with van der Waals surface area (Å²) in [6.07, 6.45) is -5.24. The standard InChI is InChI=1S/C12H13F3O2/c1-2-10(17-8-12(13,14)15)11(16)9-6-4-3-5-7-9/h3-7,10H,2,8H2,1H3. The van der Waals surface area contributed by atoms with Crippen LogP contribution in [-0.4, -0.2) is 24.7 Å². The molecule has 1 aromatic carbocycles. The smallest absolute Gasteiger partial charge is 0.361 e. The minimum absolute atomic E-state index is 0.212. The van der Waals surface area contributed by atoms with Gasteiger partial charge in [-0.2, -0.15) is 13.2 Å². The van der Waals surface area contributed by atoms with Gasteiger partial charge in [0.25, 0.3) is 0 Å². The molecule has 0 aromatic heterocycles. The van der Waals surface area contributed by atoms with Crippen LogP contribution in [0.1, 0.15) is 23.7 Å². The highest BCUT2D eigenvalue weighted by Gasteiger charge is 2.30. The molecule has 0 aliphatic carbocycles. The Morgan fingerprint density at radius 1 is 1.29 bits per heavy atom. The molecule has 0 radical (unpaired) electrons.